The van der Waals surface area contributed by atoms with E-state index in [2.05, 4.69) is 9.98 Å². The van der Waals surface area contributed by atoms with Crippen LogP contribution in [0.1, 0.15) is 72.9 Å². The van der Waals surface area contributed by atoms with Crippen LogP contribution in [0.5, 0.6) is 46.0 Å². The topological polar surface area (TPSA) is 251 Å². The van der Waals surface area contributed by atoms with Crippen LogP contribution in [0.4, 0.5) is 11.4 Å². The molecule has 2 amide bonds. The van der Waals surface area contributed by atoms with Crippen molar-refractivity contribution in [3.63, 3.8) is 0 Å². The summed E-state index contributed by atoms with van der Waals surface area (Å²) in [6.07, 6.45) is 2.63. The number of rotatable bonds is 13. The zero-order valence-corrected chi connectivity index (χ0v) is 33.9. The first-order valence-corrected chi connectivity index (χ1v) is 19.0. The molecule has 0 aliphatic rings. The largest absolute Gasteiger partial charge is 0.507 e. The number of aryl methyl sites for hydroxylation is 2. The standard InChI is InChI=1S/C46H46N4O10/c1-21(2)35-29-15-23(5)37(43(55)39(29)31(41(53)45(35)57)17-49-25-7-11-27(12-8-25)59-19-33(47)51)38-24(6)16-30-36(22(3)4)46(58)42(54)32(40(30)44(38)56)18-50-26-9-13-28(14-10-26)60-20-34(48)52/h7-18,21-22,53-58H,19-20H2,1-6H3,(H2,47,51)(H2,48,52). The maximum atomic E-state index is 12.4. The number of ether oxygens (including phenoxy) is 2. The maximum Gasteiger partial charge on any atom is 0.255 e. The van der Waals surface area contributed by atoms with E-state index in [9.17, 15) is 40.2 Å². The Morgan fingerprint density at radius 2 is 0.900 bits per heavy atom. The molecular weight excluding hydrogens is 769 g/mol. The van der Waals surface area contributed by atoms with E-state index in [1.165, 1.54) is 12.4 Å². The van der Waals surface area contributed by atoms with Crippen LogP contribution < -0.4 is 20.9 Å². The Kier molecular flexibility index (Phi) is 11.8. The van der Waals surface area contributed by atoms with E-state index < -0.39 is 23.3 Å². The number of phenolic OH excluding ortho intramolecular Hbond substituents is 6. The number of primary amides is 2. The summed E-state index contributed by atoms with van der Waals surface area (Å²) >= 11 is 0. The first-order valence-electron chi connectivity index (χ1n) is 19.0. The van der Waals surface area contributed by atoms with Gasteiger partial charge in [-0.1, -0.05) is 39.8 Å². The summed E-state index contributed by atoms with van der Waals surface area (Å²) in [7, 11) is 0. The van der Waals surface area contributed by atoms with Crippen molar-refractivity contribution in [3.8, 4) is 57.1 Å². The number of nitrogens with two attached hydrogens (primary N) is 2. The molecule has 14 heteroatoms. The number of aliphatic imine (C=N–C) groups is 2. The predicted octanol–water partition coefficient (Wildman–Crippen LogP) is 7.99. The highest BCUT2D eigenvalue weighted by Gasteiger charge is 2.29. The molecule has 6 aromatic carbocycles. The third-order valence-electron chi connectivity index (χ3n) is 10.1. The van der Waals surface area contributed by atoms with Gasteiger partial charge in [0.05, 0.1) is 22.5 Å². The molecule has 0 aromatic heterocycles. The highest BCUT2D eigenvalue weighted by atomic mass is 16.5. The summed E-state index contributed by atoms with van der Waals surface area (Å²) in [6.45, 7) is 10.2. The molecule has 0 atom stereocenters. The molecule has 14 nitrogen and oxygen atoms in total. The zero-order valence-electron chi connectivity index (χ0n) is 33.9. The van der Waals surface area contributed by atoms with Gasteiger partial charge in [-0.15, -0.1) is 0 Å². The van der Waals surface area contributed by atoms with Crippen molar-refractivity contribution in [1.82, 2.24) is 0 Å². The molecule has 10 N–H and O–H groups in total. The van der Waals surface area contributed by atoms with E-state index in [1.54, 1.807) is 74.5 Å². The summed E-state index contributed by atoms with van der Waals surface area (Å²) in [6, 6.07) is 16.3. The molecule has 310 valence electrons. The molecule has 6 aromatic rings. The van der Waals surface area contributed by atoms with Gasteiger partial charge in [0, 0.05) is 45.5 Å². The van der Waals surface area contributed by atoms with Gasteiger partial charge in [0.15, 0.2) is 36.2 Å². The van der Waals surface area contributed by atoms with Crippen molar-refractivity contribution in [3.05, 3.63) is 94.0 Å². The minimum Gasteiger partial charge on any atom is -0.507 e. The van der Waals surface area contributed by atoms with Gasteiger partial charge in [-0.3, -0.25) is 19.6 Å². The van der Waals surface area contributed by atoms with Crippen LogP contribution >= 0.6 is 0 Å². The van der Waals surface area contributed by atoms with Gasteiger partial charge >= 0.3 is 0 Å². The summed E-state index contributed by atoms with van der Waals surface area (Å²) in [4.78, 5) is 31.3. The molecule has 6 rings (SSSR count). The fraction of sp³-hybridized carbons (Fsp3) is 0.217. The summed E-state index contributed by atoms with van der Waals surface area (Å²) in [5.41, 5.74) is 13.4. The van der Waals surface area contributed by atoms with Gasteiger partial charge in [0.25, 0.3) is 11.8 Å². The average Bonchev–Trinajstić information content (AvgIpc) is 3.18. The molecule has 0 bridgehead atoms. The molecule has 0 saturated heterocycles. The van der Waals surface area contributed by atoms with Crippen molar-refractivity contribution in [2.45, 2.75) is 53.4 Å². The molecule has 0 radical (unpaired) electrons. The van der Waals surface area contributed by atoms with Gasteiger partial charge in [0.2, 0.25) is 0 Å². The van der Waals surface area contributed by atoms with E-state index in [1.807, 2.05) is 27.7 Å². The van der Waals surface area contributed by atoms with Crippen LogP contribution in [-0.2, 0) is 9.59 Å². The monoisotopic (exact) mass is 814 g/mol. The minimum absolute atomic E-state index is 0.00108. The van der Waals surface area contributed by atoms with Crippen molar-refractivity contribution >= 4 is 57.2 Å². The Morgan fingerprint density at radius 3 is 1.20 bits per heavy atom. The van der Waals surface area contributed by atoms with Crippen LogP contribution in [0.25, 0.3) is 32.7 Å². The van der Waals surface area contributed by atoms with Gasteiger partial charge in [-0.25, -0.2) is 0 Å². The Bertz CT molecular complexity index is 2550. The Morgan fingerprint density at radius 1 is 0.567 bits per heavy atom. The fourth-order valence-corrected chi connectivity index (χ4v) is 7.47. The van der Waals surface area contributed by atoms with E-state index >= 15 is 0 Å². The number of carbonyl (C=O) groups is 2. The highest BCUT2D eigenvalue weighted by Crippen LogP contribution is 2.54. The second kappa shape index (κ2) is 16.8. The lowest BCUT2D eigenvalue weighted by molar-refractivity contribution is -0.120. The van der Waals surface area contributed by atoms with Crippen molar-refractivity contribution < 1.29 is 49.7 Å². The highest BCUT2D eigenvalue weighted by molar-refractivity contribution is 6.15. The SMILES string of the molecule is Cc1cc2c(C(C)C)c(O)c(O)c(C=Nc3ccc(OCC(N)=O)cc3)c2c(O)c1-c1c(C)cc2c(C(C)C)c(O)c(O)c(C=Nc3ccc(OCC(N)=O)cc3)c2c1O. The third-order valence-corrected chi connectivity index (χ3v) is 10.1. The lowest BCUT2D eigenvalue weighted by Crippen LogP contribution is -2.19. The molecule has 0 unspecified atom stereocenters. The smallest absolute Gasteiger partial charge is 0.255 e. The quantitative estimate of drug-likeness (QED) is 0.0412. The number of carbonyl (C=O) groups excluding carboxylic acids is 2. The summed E-state index contributed by atoms with van der Waals surface area (Å²) in [5, 5.41) is 71.7. The molecule has 0 saturated carbocycles. The van der Waals surface area contributed by atoms with E-state index in [-0.39, 0.29) is 81.1 Å². The molecule has 0 spiro atoms. The Balaban J connectivity index is 1.59. The third kappa shape index (κ3) is 7.99. The first kappa shape index (κ1) is 42.1. The average molecular weight is 815 g/mol. The van der Waals surface area contributed by atoms with Gasteiger partial charge in [0.1, 0.15) is 23.0 Å². The van der Waals surface area contributed by atoms with Crippen LogP contribution in [0.2, 0.25) is 0 Å². The minimum atomic E-state index is -0.632. The van der Waals surface area contributed by atoms with Crippen molar-refractivity contribution in [1.29, 1.82) is 0 Å². The van der Waals surface area contributed by atoms with Crippen LogP contribution in [0.3, 0.4) is 0 Å². The summed E-state index contributed by atoms with van der Waals surface area (Å²) < 4.78 is 10.7. The molecule has 0 aliphatic heterocycles. The van der Waals surface area contributed by atoms with Gasteiger partial charge < -0.3 is 51.6 Å². The second-order valence-electron chi connectivity index (χ2n) is 15.1. The van der Waals surface area contributed by atoms with E-state index in [0.717, 1.165) is 0 Å². The maximum absolute atomic E-state index is 12.4. The number of aromatic hydroxyl groups is 6. The number of phenols is 6. The predicted molar refractivity (Wildman–Crippen MR) is 231 cm³/mol. The van der Waals surface area contributed by atoms with E-state index in [0.29, 0.717) is 55.9 Å². The number of hydrogen-bond acceptors (Lipinski definition) is 12. The van der Waals surface area contributed by atoms with Crippen LogP contribution in [0.15, 0.2) is 70.6 Å². The van der Waals surface area contributed by atoms with Crippen LogP contribution in [-0.4, -0.2) is 68.1 Å². The number of benzene rings is 6. The summed E-state index contributed by atoms with van der Waals surface area (Å²) in [5.74, 6) is -3.55. The van der Waals surface area contributed by atoms with Gasteiger partial charge in [-0.05, 0) is 96.1 Å². The molecule has 0 heterocycles. The number of hydrogen-bond donors (Lipinski definition) is 8. The molecule has 0 fully saturated rings. The molecule has 0 aliphatic carbocycles. The zero-order chi connectivity index (χ0) is 43.7. The number of fused-ring (bicyclic) bond motifs is 2. The molecule has 60 heavy (non-hydrogen) atoms. The van der Waals surface area contributed by atoms with Crippen LogP contribution in [0, 0.1) is 13.8 Å². The lowest BCUT2D eigenvalue weighted by Gasteiger charge is -2.23. The van der Waals surface area contributed by atoms with Crippen molar-refractivity contribution in [2.24, 2.45) is 21.5 Å². The van der Waals surface area contributed by atoms with Crippen molar-refractivity contribution in [2.75, 3.05) is 13.2 Å². The number of nitrogens with zero attached hydrogens (tertiary/aromatic N) is 2. The number of amides is 2. The fourth-order valence-electron chi connectivity index (χ4n) is 7.47. The Labute approximate surface area is 345 Å². The normalized spacial score (nSPS) is 11.8. The molecular formula is C46H46N4O10. The Hall–Kier alpha value is -7.48. The van der Waals surface area contributed by atoms with E-state index in [4.69, 9.17) is 20.9 Å². The first-order chi connectivity index (χ1) is 28.4. The second-order valence-corrected chi connectivity index (χ2v) is 15.1. The van der Waals surface area contributed by atoms with Gasteiger partial charge in [-0.2, -0.15) is 0 Å². The lowest BCUT2D eigenvalue weighted by atomic mass is 9.83.